The van der Waals surface area contributed by atoms with Gasteiger partial charge < -0.3 is 10.5 Å². The van der Waals surface area contributed by atoms with Crippen molar-refractivity contribution in [2.45, 2.75) is 32.0 Å². The standard InChI is InChI=1S/C14H14N2OS/c15-14-16-12-4-3-11(13(12)18-14)8-1-2-9-6-17-7-10(9)5-8/h1-2,5,11H,3-4,6-7H2,(H2,15,16). The highest BCUT2D eigenvalue weighted by atomic mass is 32.1. The summed E-state index contributed by atoms with van der Waals surface area (Å²) in [5.74, 6) is 0.487. The lowest BCUT2D eigenvalue weighted by molar-refractivity contribution is 0.134. The van der Waals surface area contributed by atoms with Crippen LogP contribution in [0.25, 0.3) is 0 Å². The molecule has 0 saturated heterocycles. The van der Waals surface area contributed by atoms with Crippen LogP contribution in [0.5, 0.6) is 0 Å². The van der Waals surface area contributed by atoms with Crippen molar-refractivity contribution in [3.05, 3.63) is 45.5 Å². The van der Waals surface area contributed by atoms with Crippen LogP contribution >= 0.6 is 11.3 Å². The first-order valence-corrected chi connectivity index (χ1v) is 7.07. The predicted octanol–water partition coefficient (Wildman–Crippen LogP) is 2.83. The number of hydrogen-bond acceptors (Lipinski definition) is 4. The van der Waals surface area contributed by atoms with Gasteiger partial charge >= 0.3 is 0 Å². The van der Waals surface area contributed by atoms with Crippen molar-refractivity contribution >= 4 is 16.5 Å². The molecule has 0 amide bonds. The van der Waals surface area contributed by atoms with Gasteiger partial charge in [-0.1, -0.05) is 18.2 Å². The first kappa shape index (κ1) is 10.5. The van der Waals surface area contributed by atoms with Gasteiger partial charge in [-0.3, -0.25) is 0 Å². The molecule has 4 heteroatoms. The van der Waals surface area contributed by atoms with Gasteiger partial charge in [0, 0.05) is 10.8 Å². The van der Waals surface area contributed by atoms with Crippen LogP contribution < -0.4 is 5.73 Å². The van der Waals surface area contributed by atoms with Gasteiger partial charge in [0.05, 0.1) is 18.9 Å². The molecule has 1 aromatic heterocycles. The topological polar surface area (TPSA) is 48.1 Å². The molecule has 2 heterocycles. The van der Waals surface area contributed by atoms with E-state index >= 15 is 0 Å². The Kier molecular flexibility index (Phi) is 2.22. The minimum absolute atomic E-state index is 0.487. The number of fused-ring (bicyclic) bond motifs is 2. The Labute approximate surface area is 110 Å². The summed E-state index contributed by atoms with van der Waals surface area (Å²) in [6.45, 7) is 1.52. The molecule has 2 N–H and O–H groups in total. The molecular formula is C14H14N2OS. The van der Waals surface area contributed by atoms with Crippen LogP contribution in [-0.2, 0) is 24.4 Å². The number of aryl methyl sites for hydroxylation is 1. The second-order valence-corrected chi connectivity index (χ2v) is 6.04. The van der Waals surface area contributed by atoms with Gasteiger partial charge in [0.2, 0.25) is 0 Å². The number of nitrogen functional groups attached to an aromatic ring is 1. The van der Waals surface area contributed by atoms with Crippen molar-refractivity contribution in [2.75, 3.05) is 5.73 Å². The Morgan fingerprint density at radius 2 is 2.17 bits per heavy atom. The maximum atomic E-state index is 5.81. The fraction of sp³-hybridized carbons (Fsp3) is 0.357. The van der Waals surface area contributed by atoms with Crippen molar-refractivity contribution in [1.29, 1.82) is 0 Å². The van der Waals surface area contributed by atoms with E-state index in [1.165, 1.54) is 27.3 Å². The molecule has 2 aromatic rings. The van der Waals surface area contributed by atoms with Crippen LogP contribution in [0.1, 0.15) is 39.6 Å². The van der Waals surface area contributed by atoms with Gasteiger partial charge in [-0.2, -0.15) is 0 Å². The van der Waals surface area contributed by atoms with Crippen molar-refractivity contribution < 1.29 is 4.74 Å². The van der Waals surface area contributed by atoms with E-state index in [1.54, 1.807) is 11.3 Å². The Balaban J connectivity index is 1.76. The molecule has 4 rings (SSSR count). The number of ether oxygens (including phenoxy) is 1. The number of rotatable bonds is 1. The zero-order valence-electron chi connectivity index (χ0n) is 9.98. The average molecular weight is 258 g/mol. The average Bonchev–Trinajstić information content (AvgIpc) is 3.01. The quantitative estimate of drug-likeness (QED) is 0.855. The lowest BCUT2D eigenvalue weighted by atomic mass is 9.95. The molecule has 0 saturated carbocycles. The molecule has 1 aliphatic heterocycles. The SMILES string of the molecule is Nc1nc2c(s1)C(c1ccc3c(c1)COC3)CC2. The number of thiazole rings is 1. The highest BCUT2D eigenvalue weighted by Crippen LogP contribution is 2.42. The second kappa shape index (κ2) is 3.80. The predicted molar refractivity (Wildman–Crippen MR) is 71.6 cm³/mol. The third-order valence-electron chi connectivity index (χ3n) is 3.88. The van der Waals surface area contributed by atoms with Crippen LogP contribution in [0, 0.1) is 0 Å². The van der Waals surface area contributed by atoms with Crippen LogP contribution in [-0.4, -0.2) is 4.98 Å². The summed E-state index contributed by atoms with van der Waals surface area (Å²) < 4.78 is 5.48. The summed E-state index contributed by atoms with van der Waals surface area (Å²) in [6.07, 6.45) is 2.22. The zero-order chi connectivity index (χ0) is 12.1. The van der Waals surface area contributed by atoms with E-state index < -0.39 is 0 Å². The van der Waals surface area contributed by atoms with Gasteiger partial charge in [0.25, 0.3) is 0 Å². The van der Waals surface area contributed by atoms with Crippen molar-refractivity contribution in [3.8, 4) is 0 Å². The molecule has 18 heavy (non-hydrogen) atoms. The fourth-order valence-electron chi connectivity index (χ4n) is 2.97. The van der Waals surface area contributed by atoms with E-state index in [-0.39, 0.29) is 0 Å². The normalized spacial score (nSPS) is 21.0. The van der Waals surface area contributed by atoms with E-state index in [0.29, 0.717) is 11.0 Å². The molecule has 1 unspecified atom stereocenters. The maximum absolute atomic E-state index is 5.81. The lowest BCUT2D eigenvalue weighted by Gasteiger charge is -2.11. The summed E-state index contributed by atoms with van der Waals surface area (Å²) >= 11 is 1.65. The minimum atomic E-state index is 0.487. The second-order valence-electron chi connectivity index (χ2n) is 4.98. The third-order valence-corrected chi connectivity index (χ3v) is 4.92. The number of aromatic nitrogens is 1. The molecule has 1 aromatic carbocycles. The van der Waals surface area contributed by atoms with Crippen LogP contribution in [0.2, 0.25) is 0 Å². The zero-order valence-corrected chi connectivity index (χ0v) is 10.8. The van der Waals surface area contributed by atoms with Crippen molar-refractivity contribution in [2.24, 2.45) is 0 Å². The van der Waals surface area contributed by atoms with Gasteiger partial charge in [-0.05, 0) is 29.5 Å². The smallest absolute Gasteiger partial charge is 0.180 e. The van der Waals surface area contributed by atoms with Crippen LogP contribution in [0.4, 0.5) is 5.13 Å². The van der Waals surface area contributed by atoms with E-state index in [1.807, 2.05) is 0 Å². The molecular weight excluding hydrogens is 244 g/mol. The Morgan fingerprint density at radius 1 is 1.28 bits per heavy atom. The van der Waals surface area contributed by atoms with Crippen LogP contribution in [0.15, 0.2) is 18.2 Å². The molecule has 2 aliphatic rings. The molecule has 1 atom stereocenters. The molecule has 0 spiro atoms. The molecule has 0 bridgehead atoms. The first-order valence-electron chi connectivity index (χ1n) is 6.26. The highest BCUT2D eigenvalue weighted by molar-refractivity contribution is 7.15. The minimum Gasteiger partial charge on any atom is -0.375 e. The van der Waals surface area contributed by atoms with Crippen LogP contribution in [0.3, 0.4) is 0 Å². The number of nitrogens with two attached hydrogens (primary N) is 1. The molecule has 1 aliphatic carbocycles. The number of anilines is 1. The third kappa shape index (κ3) is 1.49. The van der Waals surface area contributed by atoms with Gasteiger partial charge in [0.1, 0.15) is 0 Å². The Morgan fingerprint density at radius 3 is 3.11 bits per heavy atom. The summed E-state index contributed by atoms with van der Waals surface area (Å²) in [7, 11) is 0. The van der Waals surface area contributed by atoms with Crippen molar-refractivity contribution in [1.82, 2.24) is 4.98 Å². The highest BCUT2D eigenvalue weighted by Gasteiger charge is 2.28. The summed E-state index contributed by atoms with van der Waals surface area (Å²) in [4.78, 5) is 5.78. The van der Waals surface area contributed by atoms with E-state index in [4.69, 9.17) is 10.5 Å². The summed E-state index contributed by atoms with van der Waals surface area (Å²) in [5, 5.41) is 0.703. The number of nitrogens with zero attached hydrogens (tertiary/aromatic N) is 1. The summed E-state index contributed by atoms with van der Waals surface area (Å²) in [6, 6.07) is 6.75. The molecule has 3 nitrogen and oxygen atoms in total. The maximum Gasteiger partial charge on any atom is 0.180 e. The Bertz CT molecular complexity index is 620. The number of benzene rings is 1. The lowest BCUT2D eigenvalue weighted by Crippen LogP contribution is -1.96. The molecule has 92 valence electrons. The van der Waals surface area contributed by atoms with Gasteiger partial charge in [0.15, 0.2) is 5.13 Å². The number of hydrogen-bond donors (Lipinski definition) is 1. The monoisotopic (exact) mass is 258 g/mol. The Hall–Kier alpha value is -1.39. The van der Waals surface area contributed by atoms with Gasteiger partial charge in [-0.15, -0.1) is 11.3 Å². The van der Waals surface area contributed by atoms with Gasteiger partial charge in [-0.25, -0.2) is 4.98 Å². The van der Waals surface area contributed by atoms with E-state index in [9.17, 15) is 0 Å². The fourth-order valence-corrected chi connectivity index (χ4v) is 4.02. The molecule has 0 radical (unpaired) electrons. The van der Waals surface area contributed by atoms with Crippen molar-refractivity contribution in [3.63, 3.8) is 0 Å². The summed E-state index contributed by atoms with van der Waals surface area (Å²) in [5.41, 5.74) is 11.1. The van der Waals surface area contributed by atoms with E-state index in [2.05, 4.69) is 23.2 Å². The largest absolute Gasteiger partial charge is 0.375 e. The molecule has 0 fully saturated rings. The van der Waals surface area contributed by atoms with E-state index in [0.717, 1.165) is 26.1 Å². The first-order chi connectivity index (χ1) is 8.81.